The highest BCUT2D eigenvalue weighted by Gasteiger charge is 2.18. The molecule has 1 aromatic rings. The zero-order valence-corrected chi connectivity index (χ0v) is 11.2. The van der Waals surface area contributed by atoms with Crippen molar-refractivity contribution in [3.05, 3.63) is 5.69 Å². The molecular formula is C11H21N3OS. The Balaban J connectivity index is 2.92. The number of nitrogens with zero attached hydrogens (tertiary/aromatic N) is 2. The summed E-state index contributed by atoms with van der Waals surface area (Å²) in [5, 5.41) is 15.0. The highest BCUT2D eigenvalue weighted by atomic mass is 32.2. The van der Waals surface area contributed by atoms with Crippen molar-refractivity contribution >= 4 is 17.4 Å². The lowest BCUT2D eigenvalue weighted by atomic mass is 10.3. The summed E-state index contributed by atoms with van der Waals surface area (Å²) in [5.74, 6) is 0. The van der Waals surface area contributed by atoms with Gasteiger partial charge in [-0.25, -0.2) is 0 Å². The van der Waals surface area contributed by atoms with E-state index in [2.05, 4.69) is 12.0 Å². The van der Waals surface area contributed by atoms with Crippen LogP contribution < -0.4 is 5.73 Å². The topological polar surface area (TPSA) is 64.1 Å². The number of nitrogens with two attached hydrogens (primary N) is 1. The minimum Gasteiger partial charge on any atom is -0.395 e. The second-order valence-electron chi connectivity index (χ2n) is 4.09. The minimum atomic E-state index is -0.352. The number of thioether (sulfide) groups is 1. The van der Waals surface area contributed by atoms with Crippen LogP contribution in [-0.4, -0.2) is 26.2 Å². The molecule has 0 bridgehead atoms. The van der Waals surface area contributed by atoms with E-state index in [4.69, 9.17) is 5.73 Å². The summed E-state index contributed by atoms with van der Waals surface area (Å²) >= 11 is 1.59. The second-order valence-corrected chi connectivity index (χ2v) is 5.46. The van der Waals surface area contributed by atoms with Crippen LogP contribution in [0.4, 0.5) is 5.69 Å². The van der Waals surface area contributed by atoms with Gasteiger partial charge >= 0.3 is 0 Å². The highest BCUT2D eigenvalue weighted by Crippen LogP contribution is 2.32. The van der Waals surface area contributed by atoms with Gasteiger partial charge in [0.1, 0.15) is 5.03 Å². The summed E-state index contributed by atoms with van der Waals surface area (Å²) in [5.41, 5.74) is 7.61. The maximum Gasteiger partial charge on any atom is 0.118 e. The monoisotopic (exact) mass is 243 g/mol. The van der Waals surface area contributed by atoms with Crippen molar-refractivity contribution in [2.24, 2.45) is 0 Å². The van der Waals surface area contributed by atoms with E-state index in [0.29, 0.717) is 0 Å². The number of anilines is 1. The van der Waals surface area contributed by atoms with Crippen LogP contribution in [0.2, 0.25) is 0 Å². The molecule has 2 unspecified atom stereocenters. The van der Waals surface area contributed by atoms with Crippen molar-refractivity contribution in [1.29, 1.82) is 0 Å². The predicted molar refractivity (Wildman–Crippen MR) is 68.7 cm³/mol. The van der Waals surface area contributed by atoms with Gasteiger partial charge in [0, 0.05) is 11.8 Å². The van der Waals surface area contributed by atoms with Gasteiger partial charge in [0.2, 0.25) is 0 Å². The number of rotatable bonds is 5. The molecule has 0 saturated heterocycles. The van der Waals surface area contributed by atoms with E-state index >= 15 is 0 Å². The summed E-state index contributed by atoms with van der Waals surface area (Å²) in [7, 11) is 0. The van der Waals surface area contributed by atoms with Gasteiger partial charge in [-0.15, -0.1) is 0 Å². The van der Waals surface area contributed by atoms with Crippen LogP contribution in [0.1, 0.15) is 32.9 Å². The molecule has 0 aliphatic heterocycles. The molecule has 0 aliphatic rings. The lowest BCUT2D eigenvalue weighted by Crippen LogP contribution is -2.16. The molecule has 3 N–H and O–H groups in total. The van der Waals surface area contributed by atoms with Gasteiger partial charge in [0.05, 0.1) is 17.5 Å². The van der Waals surface area contributed by atoms with Crippen molar-refractivity contribution < 1.29 is 5.11 Å². The Hall–Kier alpha value is -0.680. The maximum atomic E-state index is 9.51. The molecule has 0 fully saturated rings. The molecule has 2 atom stereocenters. The molecule has 1 aromatic heterocycles. The van der Waals surface area contributed by atoms with Gasteiger partial charge < -0.3 is 10.8 Å². The average Bonchev–Trinajstić information content (AvgIpc) is 2.46. The number of aryl methyl sites for hydroxylation is 2. The molecule has 1 rings (SSSR count). The maximum absolute atomic E-state index is 9.51. The first-order valence-corrected chi connectivity index (χ1v) is 6.52. The van der Waals surface area contributed by atoms with Gasteiger partial charge in [-0.3, -0.25) is 4.68 Å². The fourth-order valence-electron chi connectivity index (χ4n) is 1.34. The fourth-order valence-corrected chi connectivity index (χ4v) is 2.41. The van der Waals surface area contributed by atoms with Crippen molar-refractivity contribution in [2.45, 2.75) is 57.0 Å². The Morgan fingerprint density at radius 3 is 2.62 bits per heavy atom. The highest BCUT2D eigenvalue weighted by molar-refractivity contribution is 8.00. The molecule has 0 spiro atoms. The smallest absolute Gasteiger partial charge is 0.118 e. The number of hydrogen-bond acceptors (Lipinski definition) is 4. The van der Waals surface area contributed by atoms with Crippen LogP contribution in [0.5, 0.6) is 0 Å². The second kappa shape index (κ2) is 5.59. The standard InChI is InChI=1S/C11H21N3OS/c1-5-6-14-11(10(12)7(2)13-14)16-9(4)8(3)15/h8-9,15H,5-6,12H2,1-4H3. The molecular weight excluding hydrogens is 222 g/mol. The van der Waals surface area contributed by atoms with Crippen molar-refractivity contribution in [1.82, 2.24) is 9.78 Å². The Morgan fingerprint density at radius 1 is 1.50 bits per heavy atom. The quantitative estimate of drug-likeness (QED) is 0.777. The lowest BCUT2D eigenvalue weighted by molar-refractivity contribution is 0.196. The van der Waals surface area contributed by atoms with E-state index in [0.717, 1.165) is 29.4 Å². The normalized spacial score (nSPS) is 15.1. The molecule has 1 heterocycles. The summed E-state index contributed by atoms with van der Waals surface area (Å²) in [6.45, 7) is 8.68. The summed E-state index contributed by atoms with van der Waals surface area (Å²) in [6, 6.07) is 0. The van der Waals surface area contributed by atoms with Crippen LogP contribution in [0.3, 0.4) is 0 Å². The largest absolute Gasteiger partial charge is 0.395 e. The summed E-state index contributed by atoms with van der Waals surface area (Å²) in [4.78, 5) is 0. The Kier molecular flexibility index (Phi) is 4.68. The molecule has 92 valence electrons. The van der Waals surface area contributed by atoms with Crippen molar-refractivity contribution in [3.63, 3.8) is 0 Å². The molecule has 0 amide bonds. The average molecular weight is 243 g/mol. The van der Waals surface area contributed by atoms with Gasteiger partial charge in [-0.05, 0) is 20.3 Å². The molecule has 16 heavy (non-hydrogen) atoms. The molecule has 5 heteroatoms. The number of hydrogen-bond donors (Lipinski definition) is 2. The number of nitrogen functional groups attached to an aromatic ring is 1. The van der Waals surface area contributed by atoms with Crippen LogP contribution in [-0.2, 0) is 6.54 Å². The fraction of sp³-hybridized carbons (Fsp3) is 0.727. The van der Waals surface area contributed by atoms with E-state index in [9.17, 15) is 5.11 Å². The van der Waals surface area contributed by atoms with E-state index in [1.165, 1.54) is 0 Å². The van der Waals surface area contributed by atoms with E-state index in [1.54, 1.807) is 18.7 Å². The molecule has 0 radical (unpaired) electrons. The lowest BCUT2D eigenvalue weighted by Gasteiger charge is -2.15. The van der Waals surface area contributed by atoms with Gasteiger partial charge in [-0.1, -0.05) is 25.6 Å². The number of aliphatic hydroxyl groups is 1. The third-order valence-electron chi connectivity index (χ3n) is 2.54. The minimum absolute atomic E-state index is 0.119. The summed E-state index contributed by atoms with van der Waals surface area (Å²) < 4.78 is 1.94. The van der Waals surface area contributed by atoms with Crippen molar-refractivity contribution in [2.75, 3.05) is 5.73 Å². The van der Waals surface area contributed by atoms with Crippen LogP contribution in [0.15, 0.2) is 5.03 Å². The first-order chi connectivity index (χ1) is 7.47. The van der Waals surface area contributed by atoms with E-state index in [1.807, 2.05) is 18.5 Å². The molecule has 4 nitrogen and oxygen atoms in total. The molecule has 0 saturated carbocycles. The Morgan fingerprint density at radius 2 is 2.12 bits per heavy atom. The van der Waals surface area contributed by atoms with Gasteiger partial charge in [0.25, 0.3) is 0 Å². The Bertz CT molecular complexity index is 349. The van der Waals surface area contributed by atoms with Crippen LogP contribution in [0, 0.1) is 6.92 Å². The SMILES string of the molecule is CCCn1nc(C)c(N)c1SC(C)C(C)O. The number of aliphatic hydroxyl groups excluding tert-OH is 1. The third kappa shape index (κ3) is 2.92. The first-order valence-electron chi connectivity index (χ1n) is 5.65. The zero-order chi connectivity index (χ0) is 12.3. The summed E-state index contributed by atoms with van der Waals surface area (Å²) in [6.07, 6.45) is 0.673. The van der Waals surface area contributed by atoms with Gasteiger partial charge in [-0.2, -0.15) is 5.10 Å². The van der Waals surface area contributed by atoms with Crippen LogP contribution in [0.25, 0.3) is 0 Å². The van der Waals surface area contributed by atoms with E-state index in [-0.39, 0.29) is 11.4 Å². The third-order valence-corrected chi connectivity index (χ3v) is 3.96. The van der Waals surface area contributed by atoms with E-state index < -0.39 is 0 Å². The van der Waals surface area contributed by atoms with Gasteiger partial charge in [0.15, 0.2) is 0 Å². The Labute approximate surface area is 101 Å². The zero-order valence-electron chi connectivity index (χ0n) is 10.4. The van der Waals surface area contributed by atoms with Crippen molar-refractivity contribution in [3.8, 4) is 0 Å². The van der Waals surface area contributed by atoms with Crippen LogP contribution >= 0.6 is 11.8 Å². The number of aromatic nitrogens is 2. The first kappa shape index (κ1) is 13.4. The molecule has 0 aliphatic carbocycles. The molecule has 0 aromatic carbocycles. The predicted octanol–water partition coefficient (Wildman–Crippen LogP) is 2.05.